The number of aryl methyl sites for hydroxylation is 1. The van der Waals surface area contributed by atoms with E-state index in [2.05, 4.69) is 26.2 Å². The molecule has 2 heterocycles. The number of carbonyl (C=O) groups excluding carboxylic acids is 1. The Bertz CT molecular complexity index is 1150. The van der Waals surface area contributed by atoms with Gasteiger partial charge in [0, 0.05) is 16.9 Å². The maximum atomic E-state index is 12.7. The van der Waals surface area contributed by atoms with E-state index >= 15 is 0 Å². The molecule has 0 aliphatic heterocycles. The Hall–Kier alpha value is -2.62. The summed E-state index contributed by atoms with van der Waals surface area (Å²) in [5.74, 6) is -0.130. The summed E-state index contributed by atoms with van der Waals surface area (Å²) < 4.78 is 41.5. The number of halogens is 4. The molecule has 0 saturated carbocycles. The van der Waals surface area contributed by atoms with Crippen molar-refractivity contribution >= 4 is 33.3 Å². The number of anilines is 1. The van der Waals surface area contributed by atoms with E-state index in [1.807, 2.05) is 6.92 Å². The van der Waals surface area contributed by atoms with Gasteiger partial charge < -0.3 is 9.88 Å². The molecule has 0 bridgehead atoms. The normalized spacial score (nSPS) is 11.8. The molecule has 0 atom stereocenters. The van der Waals surface area contributed by atoms with Crippen molar-refractivity contribution in [1.29, 1.82) is 0 Å². The summed E-state index contributed by atoms with van der Waals surface area (Å²) in [7, 11) is 0. The lowest BCUT2D eigenvalue weighted by Gasteiger charge is -2.11. The number of alkyl halides is 3. The Balaban J connectivity index is 1.92. The van der Waals surface area contributed by atoms with Gasteiger partial charge in [-0.15, -0.1) is 0 Å². The molecule has 154 valence electrons. The number of imidazole rings is 1. The van der Waals surface area contributed by atoms with Crippen molar-refractivity contribution in [2.45, 2.75) is 39.9 Å². The fourth-order valence-electron chi connectivity index (χ4n) is 3.04. The Morgan fingerprint density at radius 3 is 2.38 bits per heavy atom. The number of nitrogens with one attached hydrogen (secondary N) is 1. The summed E-state index contributed by atoms with van der Waals surface area (Å²) in [6.07, 6.45) is -3.87. The van der Waals surface area contributed by atoms with Gasteiger partial charge in [0.15, 0.2) is 0 Å². The van der Waals surface area contributed by atoms with Gasteiger partial charge in [-0.2, -0.15) is 13.2 Å². The number of hydrogen-bond donors (Lipinski definition) is 1. The molecule has 0 spiro atoms. The monoisotopic (exact) mass is 470 g/mol. The smallest absolute Gasteiger partial charge is 0.325 e. The van der Waals surface area contributed by atoms with E-state index in [0.717, 1.165) is 12.1 Å². The average molecular weight is 471 g/mol. The Labute approximate surface area is 172 Å². The van der Waals surface area contributed by atoms with Crippen LogP contribution in [0.2, 0.25) is 0 Å². The Morgan fingerprint density at radius 1 is 1.21 bits per heavy atom. The highest BCUT2D eigenvalue weighted by Crippen LogP contribution is 2.29. The van der Waals surface area contributed by atoms with E-state index < -0.39 is 17.6 Å². The van der Waals surface area contributed by atoms with Crippen LogP contribution in [0.3, 0.4) is 0 Å². The fraction of sp³-hybridized carbons (Fsp3) is 0.316. The van der Waals surface area contributed by atoms with Crippen molar-refractivity contribution in [2.75, 3.05) is 5.32 Å². The predicted molar refractivity (Wildman–Crippen MR) is 106 cm³/mol. The summed E-state index contributed by atoms with van der Waals surface area (Å²) in [4.78, 5) is 29.7. The topological polar surface area (TPSA) is 68.4 Å². The molecule has 0 unspecified atom stereocenters. The third kappa shape index (κ3) is 3.93. The molecule has 0 aliphatic carbocycles. The minimum atomic E-state index is -4.44. The van der Waals surface area contributed by atoms with Crippen molar-refractivity contribution in [2.24, 2.45) is 0 Å². The van der Waals surface area contributed by atoms with Crippen molar-refractivity contribution < 1.29 is 18.0 Å². The van der Waals surface area contributed by atoms with Crippen LogP contribution in [0.25, 0.3) is 5.78 Å². The summed E-state index contributed by atoms with van der Waals surface area (Å²) in [6.45, 7) is 5.18. The molecule has 0 radical (unpaired) electrons. The first kappa shape index (κ1) is 21.1. The molecule has 1 N–H and O–H groups in total. The third-order valence-corrected chi connectivity index (χ3v) is 5.59. The standard InChI is InChI=1S/C19H18BrF3N4O2/c1-4-14-10(2)17(29)27-16(20)11(3)26(18(27)25-14)9-15(28)24-13-7-5-12(6-8-13)19(21,22)23/h5-8H,4,9H2,1-3H3,(H,24,28). The molecule has 6 nitrogen and oxygen atoms in total. The van der Waals surface area contributed by atoms with Crippen LogP contribution in [-0.2, 0) is 23.9 Å². The molecule has 0 aliphatic rings. The van der Waals surface area contributed by atoms with E-state index in [4.69, 9.17) is 0 Å². The molecule has 0 saturated heterocycles. The van der Waals surface area contributed by atoms with E-state index in [-0.39, 0.29) is 17.8 Å². The van der Waals surface area contributed by atoms with Crippen molar-refractivity contribution in [1.82, 2.24) is 14.0 Å². The maximum absolute atomic E-state index is 12.7. The first-order valence-corrected chi connectivity index (χ1v) is 9.57. The zero-order valence-corrected chi connectivity index (χ0v) is 17.5. The van der Waals surface area contributed by atoms with Crippen LogP contribution in [-0.4, -0.2) is 19.9 Å². The number of fused-ring (bicyclic) bond motifs is 1. The number of rotatable bonds is 4. The van der Waals surface area contributed by atoms with E-state index in [9.17, 15) is 22.8 Å². The van der Waals surface area contributed by atoms with Crippen molar-refractivity contribution in [3.05, 3.63) is 61.7 Å². The van der Waals surface area contributed by atoms with Crippen LogP contribution in [0.1, 0.15) is 29.4 Å². The molecule has 10 heteroatoms. The van der Waals surface area contributed by atoms with Crippen LogP contribution in [0.4, 0.5) is 18.9 Å². The predicted octanol–water partition coefficient (Wildman–Crippen LogP) is 4.10. The number of aromatic nitrogens is 3. The van der Waals surface area contributed by atoms with Crippen LogP contribution < -0.4 is 10.9 Å². The zero-order chi connectivity index (χ0) is 21.5. The average Bonchev–Trinajstić information content (AvgIpc) is 2.89. The van der Waals surface area contributed by atoms with E-state index in [1.54, 1.807) is 18.4 Å². The maximum Gasteiger partial charge on any atom is 0.416 e. The first-order valence-electron chi connectivity index (χ1n) is 8.78. The van der Waals surface area contributed by atoms with Crippen molar-refractivity contribution in [3.8, 4) is 0 Å². The molecule has 29 heavy (non-hydrogen) atoms. The van der Waals surface area contributed by atoms with Gasteiger partial charge in [-0.05, 0) is 60.5 Å². The summed E-state index contributed by atoms with van der Waals surface area (Å²) >= 11 is 3.38. The second-order valence-corrected chi connectivity index (χ2v) is 7.31. The van der Waals surface area contributed by atoms with Crippen molar-refractivity contribution in [3.63, 3.8) is 0 Å². The van der Waals surface area contributed by atoms with Gasteiger partial charge in [0.05, 0.1) is 11.3 Å². The second kappa shape index (κ2) is 7.66. The summed E-state index contributed by atoms with van der Waals surface area (Å²) in [5, 5.41) is 2.57. The lowest BCUT2D eigenvalue weighted by Crippen LogP contribution is -2.23. The molecule has 2 aromatic heterocycles. The van der Waals surface area contributed by atoms with Gasteiger partial charge in [-0.1, -0.05) is 6.92 Å². The number of amides is 1. The van der Waals surface area contributed by atoms with E-state index in [0.29, 0.717) is 33.8 Å². The highest BCUT2D eigenvalue weighted by atomic mass is 79.9. The Morgan fingerprint density at radius 2 is 1.83 bits per heavy atom. The number of benzene rings is 1. The SMILES string of the molecule is CCc1nc2n(CC(=O)Nc3ccc(C(F)(F)F)cc3)c(C)c(Br)n2c(=O)c1C. The zero-order valence-electron chi connectivity index (χ0n) is 15.9. The minimum absolute atomic E-state index is 0.152. The van der Waals surface area contributed by atoms with Gasteiger partial charge in [0.25, 0.3) is 5.56 Å². The number of carbonyl (C=O) groups is 1. The molecule has 1 aromatic carbocycles. The highest BCUT2D eigenvalue weighted by molar-refractivity contribution is 9.10. The molecule has 0 fully saturated rings. The fourth-order valence-corrected chi connectivity index (χ4v) is 3.57. The quantitative estimate of drug-likeness (QED) is 0.624. The number of hydrogen-bond acceptors (Lipinski definition) is 3. The largest absolute Gasteiger partial charge is 0.416 e. The van der Waals surface area contributed by atoms with Crippen LogP contribution in [0.15, 0.2) is 33.7 Å². The third-order valence-electron chi connectivity index (χ3n) is 4.67. The van der Waals surface area contributed by atoms with E-state index in [1.165, 1.54) is 16.5 Å². The van der Waals surface area contributed by atoms with Gasteiger partial charge >= 0.3 is 6.18 Å². The first-order chi connectivity index (χ1) is 13.5. The summed E-state index contributed by atoms with van der Waals surface area (Å²) in [5.41, 5.74) is 1.04. The highest BCUT2D eigenvalue weighted by Gasteiger charge is 2.30. The summed E-state index contributed by atoms with van der Waals surface area (Å²) in [6, 6.07) is 4.19. The Kier molecular flexibility index (Phi) is 5.57. The molecular weight excluding hydrogens is 453 g/mol. The molecule has 1 amide bonds. The molecular formula is C19H18BrF3N4O2. The second-order valence-electron chi connectivity index (χ2n) is 6.56. The lowest BCUT2D eigenvalue weighted by atomic mass is 10.2. The molecule has 3 rings (SSSR count). The van der Waals surface area contributed by atoms with Gasteiger partial charge in [-0.25, -0.2) is 9.38 Å². The van der Waals surface area contributed by atoms with Gasteiger partial charge in [0.1, 0.15) is 11.1 Å². The van der Waals surface area contributed by atoms with Gasteiger partial charge in [0.2, 0.25) is 11.7 Å². The lowest BCUT2D eigenvalue weighted by molar-refractivity contribution is -0.137. The molecule has 3 aromatic rings. The van der Waals surface area contributed by atoms with Crippen LogP contribution in [0.5, 0.6) is 0 Å². The van der Waals surface area contributed by atoms with Crippen LogP contribution >= 0.6 is 15.9 Å². The minimum Gasteiger partial charge on any atom is -0.325 e. The number of nitrogens with zero attached hydrogens (tertiary/aromatic N) is 3. The van der Waals surface area contributed by atoms with Crippen LogP contribution in [0, 0.1) is 13.8 Å². The van der Waals surface area contributed by atoms with Gasteiger partial charge in [-0.3, -0.25) is 9.59 Å².